The van der Waals surface area contributed by atoms with Gasteiger partial charge in [0, 0.05) is 37.2 Å². The number of hydrogen-bond acceptors (Lipinski definition) is 3. The third-order valence-electron chi connectivity index (χ3n) is 4.15. The molecule has 0 aliphatic heterocycles. The first-order valence-corrected chi connectivity index (χ1v) is 8.46. The van der Waals surface area contributed by atoms with E-state index in [1.165, 1.54) is 31.3 Å². The Bertz CT molecular complexity index is 693. The lowest BCUT2D eigenvalue weighted by Gasteiger charge is -2.13. The number of pyridine rings is 1. The summed E-state index contributed by atoms with van der Waals surface area (Å²) in [7, 11) is 0. The predicted molar refractivity (Wildman–Crippen MR) is 92.8 cm³/mol. The number of rotatable bonds is 6. The number of nitrogens with zero attached hydrogens (tertiary/aromatic N) is 3. The topological polar surface area (TPSA) is 71.8 Å². The Labute approximate surface area is 142 Å². The fourth-order valence-electron chi connectivity index (χ4n) is 2.87. The van der Waals surface area contributed by atoms with Crippen LogP contribution < -0.4 is 10.6 Å². The summed E-state index contributed by atoms with van der Waals surface area (Å²) in [5.41, 5.74) is 2.39. The minimum atomic E-state index is -0.151. The summed E-state index contributed by atoms with van der Waals surface area (Å²) in [6.07, 6.45) is 13.4. The highest BCUT2D eigenvalue weighted by Gasteiger charge is 2.08. The molecule has 2 heterocycles. The number of nitrogens with one attached hydrogen (secondary N) is 2. The maximum absolute atomic E-state index is 12.0. The Morgan fingerprint density at radius 2 is 2.17 bits per heavy atom. The van der Waals surface area contributed by atoms with Crippen molar-refractivity contribution in [1.82, 2.24) is 25.4 Å². The van der Waals surface area contributed by atoms with Gasteiger partial charge in [0.15, 0.2) is 5.82 Å². The maximum atomic E-state index is 12.0. The fraction of sp³-hybridized carbons (Fsp3) is 0.389. The average Bonchev–Trinajstić information content (AvgIpc) is 3.16. The van der Waals surface area contributed by atoms with Crippen LogP contribution in [-0.2, 0) is 6.54 Å². The van der Waals surface area contributed by atoms with Crippen molar-refractivity contribution in [2.75, 3.05) is 6.54 Å². The Kier molecular flexibility index (Phi) is 5.61. The highest BCUT2D eigenvalue weighted by molar-refractivity contribution is 5.73. The molecule has 0 bridgehead atoms. The average molecular weight is 325 g/mol. The van der Waals surface area contributed by atoms with E-state index in [0.717, 1.165) is 17.8 Å². The molecule has 0 saturated heterocycles. The summed E-state index contributed by atoms with van der Waals surface area (Å²) >= 11 is 0. The van der Waals surface area contributed by atoms with Crippen molar-refractivity contribution in [3.05, 3.63) is 54.0 Å². The number of allylic oxidation sites excluding steroid dienone is 1. The second kappa shape index (κ2) is 8.29. The van der Waals surface area contributed by atoms with Crippen molar-refractivity contribution in [2.45, 2.75) is 38.6 Å². The second-order valence-corrected chi connectivity index (χ2v) is 5.90. The monoisotopic (exact) mass is 325 g/mol. The van der Waals surface area contributed by atoms with Gasteiger partial charge in [0.1, 0.15) is 0 Å². The first kappa shape index (κ1) is 16.2. The molecule has 24 heavy (non-hydrogen) atoms. The largest absolute Gasteiger partial charge is 0.338 e. The van der Waals surface area contributed by atoms with Gasteiger partial charge in [0.05, 0.1) is 0 Å². The van der Waals surface area contributed by atoms with Crippen LogP contribution in [0.5, 0.6) is 0 Å². The molecular formula is C18H23N5O. The quantitative estimate of drug-likeness (QED) is 0.802. The van der Waals surface area contributed by atoms with Crippen LogP contribution in [0.3, 0.4) is 0 Å². The van der Waals surface area contributed by atoms with Crippen molar-refractivity contribution in [1.29, 1.82) is 0 Å². The lowest BCUT2D eigenvalue weighted by molar-refractivity contribution is 0.240. The van der Waals surface area contributed by atoms with Crippen molar-refractivity contribution in [2.24, 2.45) is 0 Å². The Hall–Kier alpha value is -2.63. The van der Waals surface area contributed by atoms with Crippen LogP contribution in [-0.4, -0.2) is 27.3 Å². The number of carbonyl (C=O) groups is 1. The molecule has 2 amide bonds. The molecule has 1 aliphatic rings. The van der Waals surface area contributed by atoms with E-state index in [1.807, 2.05) is 24.4 Å². The zero-order chi connectivity index (χ0) is 16.6. The number of amides is 2. The predicted octanol–water partition coefficient (Wildman–Crippen LogP) is 2.96. The van der Waals surface area contributed by atoms with Gasteiger partial charge in [-0.2, -0.15) is 5.10 Å². The first-order valence-electron chi connectivity index (χ1n) is 8.46. The first-order chi connectivity index (χ1) is 11.8. The molecule has 0 unspecified atom stereocenters. The standard InChI is InChI=1S/C18H23N5O/c24-18(20-12-9-15-6-2-1-3-7-15)21-14-16-8-4-10-19-17(16)23-13-5-11-22-23/h4-6,8,10-11,13H,1-3,7,9,12,14H2,(H2,20,21,24). The normalized spacial score (nSPS) is 14.1. The summed E-state index contributed by atoms with van der Waals surface area (Å²) in [6.45, 7) is 1.09. The maximum Gasteiger partial charge on any atom is 0.315 e. The molecule has 0 aromatic carbocycles. The molecule has 0 spiro atoms. The van der Waals surface area contributed by atoms with Crippen LogP contribution >= 0.6 is 0 Å². The number of hydrogen-bond donors (Lipinski definition) is 2. The van der Waals surface area contributed by atoms with E-state index in [1.54, 1.807) is 17.1 Å². The molecular weight excluding hydrogens is 302 g/mol. The number of aromatic nitrogens is 3. The SMILES string of the molecule is O=C(NCCC1=CCCCC1)NCc1cccnc1-n1cccn1. The highest BCUT2D eigenvalue weighted by atomic mass is 16.2. The Morgan fingerprint density at radius 1 is 1.21 bits per heavy atom. The van der Waals surface area contributed by atoms with Gasteiger partial charge in [0.25, 0.3) is 0 Å². The molecule has 1 aliphatic carbocycles. The van der Waals surface area contributed by atoms with Crippen LogP contribution in [0, 0.1) is 0 Å². The molecule has 6 nitrogen and oxygen atoms in total. The molecule has 2 aromatic rings. The molecule has 2 N–H and O–H groups in total. The molecule has 0 saturated carbocycles. The van der Waals surface area contributed by atoms with Gasteiger partial charge in [-0.3, -0.25) is 0 Å². The van der Waals surface area contributed by atoms with Crippen molar-refractivity contribution < 1.29 is 4.79 Å². The molecule has 126 valence electrons. The zero-order valence-corrected chi connectivity index (χ0v) is 13.7. The molecule has 6 heteroatoms. The fourth-order valence-corrected chi connectivity index (χ4v) is 2.87. The third kappa shape index (κ3) is 4.44. The van der Waals surface area contributed by atoms with E-state index in [2.05, 4.69) is 26.8 Å². The van der Waals surface area contributed by atoms with Gasteiger partial charge >= 0.3 is 6.03 Å². The lowest BCUT2D eigenvalue weighted by atomic mass is 9.97. The summed E-state index contributed by atoms with van der Waals surface area (Å²) in [6, 6.07) is 5.49. The third-order valence-corrected chi connectivity index (χ3v) is 4.15. The molecule has 3 rings (SSSR count). The van der Waals surface area contributed by atoms with Crippen molar-refractivity contribution in [3.63, 3.8) is 0 Å². The van der Waals surface area contributed by atoms with Gasteiger partial charge in [-0.15, -0.1) is 0 Å². The van der Waals surface area contributed by atoms with E-state index in [-0.39, 0.29) is 6.03 Å². The van der Waals surface area contributed by atoms with Crippen LogP contribution in [0.15, 0.2) is 48.4 Å². The lowest BCUT2D eigenvalue weighted by Crippen LogP contribution is -2.36. The number of urea groups is 1. The van der Waals surface area contributed by atoms with Crippen molar-refractivity contribution in [3.8, 4) is 5.82 Å². The minimum absolute atomic E-state index is 0.151. The zero-order valence-electron chi connectivity index (χ0n) is 13.7. The molecule has 0 fully saturated rings. The van der Waals surface area contributed by atoms with E-state index < -0.39 is 0 Å². The van der Waals surface area contributed by atoms with Crippen molar-refractivity contribution >= 4 is 6.03 Å². The second-order valence-electron chi connectivity index (χ2n) is 5.90. The van der Waals surface area contributed by atoms with Crippen LogP contribution in [0.2, 0.25) is 0 Å². The van der Waals surface area contributed by atoms with Crippen LogP contribution in [0.4, 0.5) is 4.79 Å². The molecule has 0 radical (unpaired) electrons. The number of carbonyl (C=O) groups excluding carboxylic acids is 1. The van der Waals surface area contributed by atoms with Crippen LogP contribution in [0.1, 0.15) is 37.7 Å². The molecule has 0 atom stereocenters. The minimum Gasteiger partial charge on any atom is -0.338 e. The van der Waals surface area contributed by atoms with Gasteiger partial charge in [-0.05, 0) is 44.2 Å². The van der Waals surface area contributed by atoms with Gasteiger partial charge in [-0.25, -0.2) is 14.5 Å². The summed E-state index contributed by atoms with van der Waals surface area (Å²) < 4.78 is 1.70. The van der Waals surface area contributed by atoms with E-state index in [0.29, 0.717) is 13.1 Å². The van der Waals surface area contributed by atoms with Gasteiger partial charge < -0.3 is 10.6 Å². The highest BCUT2D eigenvalue weighted by Crippen LogP contribution is 2.19. The Balaban J connectivity index is 1.47. The van der Waals surface area contributed by atoms with E-state index >= 15 is 0 Å². The molecule has 2 aromatic heterocycles. The smallest absolute Gasteiger partial charge is 0.315 e. The Morgan fingerprint density at radius 3 is 2.96 bits per heavy atom. The summed E-state index contributed by atoms with van der Waals surface area (Å²) in [5, 5.41) is 10.0. The van der Waals surface area contributed by atoms with Gasteiger partial charge in [0.2, 0.25) is 0 Å². The summed E-state index contributed by atoms with van der Waals surface area (Å²) in [4.78, 5) is 16.3. The van der Waals surface area contributed by atoms with Crippen LogP contribution in [0.25, 0.3) is 5.82 Å². The summed E-state index contributed by atoms with van der Waals surface area (Å²) in [5.74, 6) is 0.732. The van der Waals surface area contributed by atoms with E-state index in [9.17, 15) is 4.79 Å². The van der Waals surface area contributed by atoms with Gasteiger partial charge in [-0.1, -0.05) is 17.7 Å². The van der Waals surface area contributed by atoms with E-state index in [4.69, 9.17) is 0 Å².